The summed E-state index contributed by atoms with van der Waals surface area (Å²) in [6.45, 7) is 2.06. The van der Waals surface area contributed by atoms with E-state index in [0.717, 1.165) is 0 Å². The molecular formula is C10H13N3O3. The van der Waals surface area contributed by atoms with Crippen LogP contribution < -0.4 is 0 Å². The van der Waals surface area contributed by atoms with Crippen molar-refractivity contribution in [1.29, 1.82) is 0 Å². The van der Waals surface area contributed by atoms with E-state index in [4.69, 9.17) is 0 Å². The number of hydrogen-bond acceptors (Lipinski definition) is 5. The summed E-state index contributed by atoms with van der Waals surface area (Å²) < 4.78 is 0. The van der Waals surface area contributed by atoms with Crippen LogP contribution in [0.25, 0.3) is 0 Å². The summed E-state index contributed by atoms with van der Waals surface area (Å²) >= 11 is 0. The number of ketones is 1. The number of aliphatic imine (C=N–C) groups is 1. The zero-order valence-corrected chi connectivity index (χ0v) is 9.00. The molecule has 2 aliphatic heterocycles. The molecule has 0 aliphatic carbocycles. The van der Waals surface area contributed by atoms with Gasteiger partial charge in [0.2, 0.25) is 0 Å². The molecule has 0 aromatic rings. The van der Waals surface area contributed by atoms with Crippen molar-refractivity contribution in [3.8, 4) is 0 Å². The van der Waals surface area contributed by atoms with E-state index in [1.165, 1.54) is 6.92 Å². The van der Waals surface area contributed by atoms with E-state index in [-0.39, 0.29) is 23.0 Å². The highest BCUT2D eigenvalue weighted by Crippen LogP contribution is 2.32. The Bertz CT molecular complexity index is 389. The van der Waals surface area contributed by atoms with Crippen molar-refractivity contribution in [2.75, 3.05) is 6.54 Å². The maximum atomic E-state index is 11.1. The number of rotatable bonds is 3. The van der Waals surface area contributed by atoms with Crippen LogP contribution in [-0.4, -0.2) is 34.5 Å². The van der Waals surface area contributed by atoms with Gasteiger partial charge in [-0.2, -0.15) is 0 Å². The minimum Gasteiger partial charge on any atom is -0.300 e. The quantitative estimate of drug-likeness (QED) is 0.524. The van der Waals surface area contributed by atoms with Gasteiger partial charge >= 0.3 is 0 Å². The number of carbonyl (C=O) groups excluding carboxylic acids is 1. The van der Waals surface area contributed by atoms with Gasteiger partial charge in [-0.05, 0) is 13.0 Å². The van der Waals surface area contributed by atoms with Gasteiger partial charge in [-0.3, -0.25) is 15.0 Å². The van der Waals surface area contributed by atoms with E-state index in [1.54, 1.807) is 17.2 Å². The number of carbonyl (C=O) groups is 1. The predicted octanol–water partition coefficient (Wildman–Crippen LogP) is 0.816. The molecule has 0 fully saturated rings. The monoisotopic (exact) mass is 223 g/mol. The number of nitro groups is 1. The zero-order chi connectivity index (χ0) is 11.7. The van der Waals surface area contributed by atoms with Gasteiger partial charge in [0.25, 0.3) is 6.17 Å². The fourth-order valence-corrected chi connectivity index (χ4v) is 2.23. The second kappa shape index (κ2) is 4.03. The minimum absolute atomic E-state index is 0.0301. The van der Waals surface area contributed by atoms with Crippen LogP contribution in [0, 0.1) is 16.0 Å². The average molecular weight is 223 g/mol. The Hall–Kier alpha value is -1.72. The number of fused-ring (bicyclic) bond motifs is 1. The molecule has 0 amide bonds. The maximum absolute atomic E-state index is 11.1. The number of nitrogens with zero attached hydrogens (tertiary/aromatic N) is 3. The first-order valence-electron chi connectivity index (χ1n) is 5.23. The molecule has 0 bridgehead atoms. The topological polar surface area (TPSA) is 75.8 Å². The average Bonchev–Trinajstić information content (AvgIpc) is 2.53. The lowest BCUT2D eigenvalue weighted by Crippen LogP contribution is -2.42. The summed E-state index contributed by atoms with van der Waals surface area (Å²) in [6, 6.07) is 0. The molecule has 0 aromatic heterocycles. The van der Waals surface area contributed by atoms with Gasteiger partial charge in [-0.1, -0.05) is 0 Å². The molecule has 16 heavy (non-hydrogen) atoms. The van der Waals surface area contributed by atoms with Crippen LogP contribution in [0.15, 0.2) is 16.9 Å². The Labute approximate surface area is 92.8 Å². The number of hydrogen-bond donors (Lipinski definition) is 0. The Morgan fingerprint density at radius 3 is 3.12 bits per heavy atom. The van der Waals surface area contributed by atoms with Crippen LogP contribution in [-0.2, 0) is 4.79 Å². The van der Waals surface area contributed by atoms with Crippen LogP contribution in [0.3, 0.4) is 0 Å². The van der Waals surface area contributed by atoms with Crippen molar-refractivity contribution in [2.45, 2.75) is 25.9 Å². The van der Waals surface area contributed by atoms with Crippen LogP contribution in [0.1, 0.15) is 19.8 Å². The molecular weight excluding hydrogens is 210 g/mol. The van der Waals surface area contributed by atoms with Gasteiger partial charge in [0.15, 0.2) is 0 Å². The molecule has 0 saturated carbocycles. The Kier molecular flexibility index (Phi) is 2.72. The summed E-state index contributed by atoms with van der Waals surface area (Å²) in [5.41, 5.74) is 0. The maximum Gasteiger partial charge on any atom is 0.295 e. The first-order chi connectivity index (χ1) is 7.59. The summed E-state index contributed by atoms with van der Waals surface area (Å²) in [4.78, 5) is 27.6. The lowest BCUT2D eigenvalue weighted by Gasteiger charge is -2.25. The molecule has 0 radical (unpaired) electrons. The molecule has 0 saturated heterocycles. The van der Waals surface area contributed by atoms with Gasteiger partial charge in [0.05, 0.1) is 5.92 Å². The molecule has 0 aromatic carbocycles. The molecule has 2 rings (SSSR count). The Balaban J connectivity index is 2.24. The molecule has 0 N–H and O–H groups in total. The Morgan fingerprint density at radius 1 is 1.75 bits per heavy atom. The summed E-state index contributed by atoms with van der Waals surface area (Å²) in [5.74, 6) is 0.259. The lowest BCUT2D eigenvalue weighted by molar-refractivity contribution is -0.552. The third kappa shape index (κ3) is 1.82. The summed E-state index contributed by atoms with van der Waals surface area (Å²) in [6.07, 6.45) is 3.60. The van der Waals surface area contributed by atoms with E-state index in [0.29, 0.717) is 18.8 Å². The van der Waals surface area contributed by atoms with Crippen molar-refractivity contribution >= 4 is 12.0 Å². The van der Waals surface area contributed by atoms with Crippen LogP contribution in [0.5, 0.6) is 0 Å². The molecule has 2 heterocycles. The van der Waals surface area contributed by atoms with Gasteiger partial charge in [-0.15, -0.1) is 0 Å². The second-order valence-corrected chi connectivity index (χ2v) is 4.09. The normalized spacial score (nSPS) is 27.6. The molecule has 6 nitrogen and oxygen atoms in total. The van der Waals surface area contributed by atoms with Crippen molar-refractivity contribution in [3.63, 3.8) is 0 Å². The SMILES string of the molecule is CC(=O)CC1C=C2N=CCCN2C1[N+](=O)[O-]. The Morgan fingerprint density at radius 2 is 2.50 bits per heavy atom. The van der Waals surface area contributed by atoms with Crippen LogP contribution in [0.4, 0.5) is 0 Å². The standard InChI is InChI=1S/C10H13N3O3/c1-7(14)5-8-6-9-11-3-2-4-12(9)10(8)13(15)16/h3,6,8,10H,2,4-5H2,1H3. The predicted molar refractivity (Wildman–Crippen MR) is 57.5 cm³/mol. The molecule has 2 aliphatic rings. The molecule has 2 atom stereocenters. The summed E-state index contributed by atoms with van der Waals surface area (Å²) in [7, 11) is 0. The molecule has 86 valence electrons. The van der Waals surface area contributed by atoms with Crippen molar-refractivity contribution in [1.82, 2.24) is 4.90 Å². The smallest absolute Gasteiger partial charge is 0.295 e. The fourth-order valence-electron chi connectivity index (χ4n) is 2.23. The third-order valence-electron chi connectivity index (χ3n) is 2.82. The van der Waals surface area contributed by atoms with E-state index < -0.39 is 6.17 Å². The second-order valence-electron chi connectivity index (χ2n) is 4.09. The third-order valence-corrected chi connectivity index (χ3v) is 2.82. The van der Waals surface area contributed by atoms with Gasteiger partial charge in [-0.25, -0.2) is 4.99 Å². The van der Waals surface area contributed by atoms with Crippen LogP contribution >= 0.6 is 0 Å². The zero-order valence-electron chi connectivity index (χ0n) is 9.00. The molecule has 0 spiro atoms. The lowest BCUT2D eigenvalue weighted by atomic mass is 10.0. The fraction of sp³-hybridized carbons (Fsp3) is 0.600. The van der Waals surface area contributed by atoms with E-state index in [1.807, 2.05) is 0 Å². The minimum atomic E-state index is -0.823. The van der Waals surface area contributed by atoms with E-state index >= 15 is 0 Å². The largest absolute Gasteiger partial charge is 0.300 e. The van der Waals surface area contributed by atoms with Crippen LogP contribution in [0.2, 0.25) is 0 Å². The van der Waals surface area contributed by atoms with Gasteiger partial charge < -0.3 is 4.79 Å². The van der Waals surface area contributed by atoms with Crippen molar-refractivity contribution < 1.29 is 9.72 Å². The highest BCUT2D eigenvalue weighted by Gasteiger charge is 2.43. The first kappa shape index (κ1) is 10.8. The summed E-state index contributed by atoms with van der Waals surface area (Å²) in [5, 5.41) is 11.0. The van der Waals surface area contributed by atoms with Gasteiger partial charge in [0.1, 0.15) is 11.6 Å². The van der Waals surface area contributed by atoms with Gasteiger partial charge in [0, 0.05) is 30.5 Å². The molecule has 6 heteroatoms. The first-order valence-corrected chi connectivity index (χ1v) is 5.23. The van der Waals surface area contributed by atoms with E-state index in [2.05, 4.69) is 4.99 Å². The number of Topliss-reactive ketones (excluding diaryl/α,β-unsaturated/α-hetero) is 1. The molecule has 2 unspecified atom stereocenters. The highest BCUT2D eigenvalue weighted by atomic mass is 16.6. The van der Waals surface area contributed by atoms with Crippen molar-refractivity contribution in [3.05, 3.63) is 22.0 Å². The highest BCUT2D eigenvalue weighted by molar-refractivity contribution is 5.76. The van der Waals surface area contributed by atoms with E-state index in [9.17, 15) is 14.9 Å². The van der Waals surface area contributed by atoms with Crippen molar-refractivity contribution in [2.24, 2.45) is 10.9 Å².